The lowest BCUT2D eigenvalue weighted by Crippen LogP contribution is -2.47. The summed E-state index contributed by atoms with van der Waals surface area (Å²) in [5, 5.41) is 1.88. The fourth-order valence-electron chi connectivity index (χ4n) is 3.56. The summed E-state index contributed by atoms with van der Waals surface area (Å²) in [6.45, 7) is 3.62. The Morgan fingerprint density at radius 2 is 2.00 bits per heavy atom. The maximum absolute atomic E-state index is 13.2. The van der Waals surface area contributed by atoms with Gasteiger partial charge in [-0.15, -0.1) is 11.3 Å². The van der Waals surface area contributed by atoms with Crippen molar-refractivity contribution in [3.05, 3.63) is 46.2 Å². The number of amides is 2. The van der Waals surface area contributed by atoms with Crippen LogP contribution in [0.25, 0.3) is 0 Å². The third-order valence-corrected chi connectivity index (χ3v) is 5.90. The van der Waals surface area contributed by atoms with Crippen LogP contribution in [-0.2, 0) is 11.3 Å². The third-order valence-electron chi connectivity index (χ3n) is 5.05. The molecule has 1 aromatic heterocycles. The second-order valence-electron chi connectivity index (χ2n) is 6.68. The highest BCUT2D eigenvalue weighted by atomic mass is 32.1. The molecule has 3 rings (SSSR count). The Bertz CT molecular complexity index is 822. The van der Waals surface area contributed by atoms with Crippen LogP contribution in [-0.4, -0.2) is 55.0 Å². The molecule has 1 aliphatic heterocycles. The standard InChI is InChI=1S/C21H26N2O4S/c1-4-22(14-15-9-10-17(26-2)18(13-15)27-3)20(24)16-7-5-11-23(16)21(25)19-8-6-12-28-19/h6,8-10,12-13,16H,4-5,7,11,14H2,1-3H3. The minimum Gasteiger partial charge on any atom is -0.493 e. The number of hydrogen-bond acceptors (Lipinski definition) is 5. The van der Waals surface area contributed by atoms with Gasteiger partial charge in [0.2, 0.25) is 5.91 Å². The van der Waals surface area contributed by atoms with E-state index in [0.717, 1.165) is 12.0 Å². The number of thiophene rings is 1. The van der Waals surface area contributed by atoms with Crippen molar-refractivity contribution >= 4 is 23.2 Å². The summed E-state index contributed by atoms with van der Waals surface area (Å²) >= 11 is 1.41. The monoisotopic (exact) mass is 402 g/mol. The molecule has 0 saturated carbocycles. The van der Waals surface area contributed by atoms with Crippen LogP contribution < -0.4 is 9.47 Å². The zero-order valence-electron chi connectivity index (χ0n) is 16.5. The third kappa shape index (κ3) is 4.14. The highest BCUT2D eigenvalue weighted by molar-refractivity contribution is 7.12. The second kappa shape index (κ2) is 9.10. The van der Waals surface area contributed by atoms with Gasteiger partial charge >= 0.3 is 0 Å². The van der Waals surface area contributed by atoms with Gasteiger partial charge in [-0.25, -0.2) is 0 Å². The molecule has 7 heteroatoms. The number of hydrogen-bond donors (Lipinski definition) is 0. The van der Waals surface area contributed by atoms with E-state index in [-0.39, 0.29) is 11.8 Å². The zero-order chi connectivity index (χ0) is 20.1. The van der Waals surface area contributed by atoms with Gasteiger partial charge in [-0.1, -0.05) is 12.1 Å². The van der Waals surface area contributed by atoms with Crippen molar-refractivity contribution < 1.29 is 19.1 Å². The van der Waals surface area contributed by atoms with Crippen molar-refractivity contribution in [1.29, 1.82) is 0 Å². The summed E-state index contributed by atoms with van der Waals surface area (Å²) in [7, 11) is 3.19. The summed E-state index contributed by atoms with van der Waals surface area (Å²) in [5.74, 6) is 1.25. The Morgan fingerprint density at radius 3 is 2.64 bits per heavy atom. The van der Waals surface area contributed by atoms with Crippen LogP contribution in [0.3, 0.4) is 0 Å². The van der Waals surface area contributed by atoms with E-state index in [1.807, 2.05) is 42.6 Å². The molecule has 1 fully saturated rings. The molecule has 1 saturated heterocycles. The molecular formula is C21H26N2O4S. The number of methoxy groups -OCH3 is 2. The molecule has 0 bridgehead atoms. The Kier molecular flexibility index (Phi) is 6.57. The van der Waals surface area contributed by atoms with Gasteiger partial charge in [0, 0.05) is 19.6 Å². The molecule has 0 N–H and O–H groups in total. The molecule has 1 unspecified atom stereocenters. The molecule has 0 radical (unpaired) electrons. The Morgan fingerprint density at radius 1 is 1.21 bits per heavy atom. The Labute approximate surface area is 169 Å². The fourth-order valence-corrected chi connectivity index (χ4v) is 4.24. The Balaban J connectivity index is 1.75. The Hall–Kier alpha value is -2.54. The van der Waals surface area contributed by atoms with Crippen LogP contribution in [0.1, 0.15) is 35.0 Å². The summed E-state index contributed by atoms with van der Waals surface area (Å²) in [6, 6.07) is 8.94. The highest BCUT2D eigenvalue weighted by Crippen LogP contribution is 2.29. The van der Waals surface area contributed by atoms with E-state index in [1.165, 1.54) is 11.3 Å². The van der Waals surface area contributed by atoms with Crippen molar-refractivity contribution in [2.45, 2.75) is 32.4 Å². The quantitative estimate of drug-likeness (QED) is 0.712. The fraction of sp³-hybridized carbons (Fsp3) is 0.429. The molecular weight excluding hydrogens is 376 g/mol. The van der Waals surface area contributed by atoms with E-state index in [0.29, 0.717) is 42.4 Å². The van der Waals surface area contributed by atoms with Crippen LogP contribution in [0, 0.1) is 0 Å². The lowest BCUT2D eigenvalue weighted by atomic mass is 10.1. The molecule has 150 valence electrons. The molecule has 2 amide bonds. The average molecular weight is 403 g/mol. The van der Waals surface area contributed by atoms with E-state index >= 15 is 0 Å². The van der Waals surface area contributed by atoms with E-state index in [1.54, 1.807) is 24.0 Å². The number of likely N-dealkylation sites (tertiary alicyclic amines) is 1. The van der Waals surface area contributed by atoms with Crippen molar-refractivity contribution in [3.8, 4) is 11.5 Å². The molecule has 1 atom stereocenters. The maximum atomic E-state index is 13.2. The smallest absolute Gasteiger partial charge is 0.264 e. The van der Waals surface area contributed by atoms with Crippen molar-refractivity contribution in [3.63, 3.8) is 0 Å². The minimum absolute atomic E-state index is 0.000286. The van der Waals surface area contributed by atoms with E-state index < -0.39 is 6.04 Å². The molecule has 0 spiro atoms. The van der Waals surface area contributed by atoms with Crippen molar-refractivity contribution in [2.75, 3.05) is 27.3 Å². The molecule has 0 aliphatic carbocycles. The molecule has 28 heavy (non-hydrogen) atoms. The van der Waals surface area contributed by atoms with Gasteiger partial charge in [0.25, 0.3) is 5.91 Å². The molecule has 1 aliphatic rings. The van der Waals surface area contributed by atoms with Gasteiger partial charge < -0.3 is 19.3 Å². The first-order valence-electron chi connectivity index (χ1n) is 9.43. The van der Waals surface area contributed by atoms with E-state index in [4.69, 9.17) is 9.47 Å². The number of ether oxygens (including phenoxy) is 2. The predicted octanol–water partition coefficient (Wildman–Crippen LogP) is 3.42. The molecule has 2 heterocycles. The minimum atomic E-state index is -0.394. The second-order valence-corrected chi connectivity index (χ2v) is 7.62. The molecule has 2 aromatic rings. The van der Waals surface area contributed by atoms with Crippen LogP contribution in [0.2, 0.25) is 0 Å². The van der Waals surface area contributed by atoms with Gasteiger partial charge in [0.05, 0.1) is 19.1 Å². The van der Waals surface area contributed by atoms with Gasteiger partial charge in [-0.05, 0) is 48.9 Å². The molecule has 1 aromatic carbocycles. The van der Waals surface area contributed by atoms with E-state index in [9.17, 15) is 9.59 Å². The first kappa shape index (κ1) is 20.2. The summed E-state index contributed by atoms with van der Waals surface area (Å²) in [4.78, 5) is 30.2. The van der Waals surface area contributed by atoms with Crippen LogP contribution in [0.4, 0.5) is 0 Å². The number of nitrogens with zero attached hydrogens (tertiary/aromatic N) is 2. The van der Waals surface area contributed by atoms with Gasteiger partial charge in [-0.2, -0.15) is 0 Å². The van der Waals surface area contributed by atoms with Gasteiger partial charge in [-0.3, -0.25) is 9.59 Å². The largest absolute Gasteiger partial charge is 0.493 e. The zero-order valence-corrected chi connectivity index (χ0v) is 17.3. The molecule has 6 nitrogen and oxygen atoms in total. The predicted molar refractivity (Wildman–Crippen MR) is 109 cm³/mol. The van der Waals surface area contributed by atoms with E-state index in [2.05, 4.69) is 0 Å². The topological polar surface area (TPSA) is 59.1 Å². The van der Waals surface area contributed by atoms with Crippen molar-refractivity contribution in [2.24, 2.45) is 0 Å². The number of likely N-dealkylation sites (N-methyl/N-ethyl adjacent to an activating group) is 1. The average Bonchev–Trinajstić information content (AvgIpc) is 3.43. The normalized spacial score (nSPS) is 16.1. The van der Waals surface area contributed by atoms with Gasteiger partial charge in [0.1, 0.15) is 6.04 Å². The number of rotatable bonds is 7. The maximum Gasteiger partial charge on any atom is 0.264 e. The SMILES string of the molecule is CCN(Cc1ccc(OC)c(OC)c1)C(=O)C1CCCN1C(=O)c1cccs1. The lowest BCUT2D eigenvalue weighted by molar-refractivity contribution is -0.135. The summed E-state index contributed by atoms with van der Waals surface area (Å²) in [5.41, 5.74) is 0.960. The first-order valence-corrected chi connectivity index (χ1v) is 10.3. The number of carbonyl (C=O) groups excluding carboxylic acids is 2. The highest BCUT2D eigenvalue weighted by Gasteiger charge is 2.36. The van der Waals surface area contributed by atoms with Crippen molar-refractivity contribution in [1.82, 2.24) is 9.80 Å². The summed E-state index contributed by atoms with van der Waals surface area (Å²) < 4.78 is 10.6. The summed E-state index contributed by atoms with van der Waals surface area (Å²) in [6.07, 6.45) is 1.56. The van der Waals surface area contributed by atoms with Crippen LogP contribution in [0.15, 0.2) is 35.7 Å². The first-order chi connectivity index (χ1) is 13.6. The van der Waals surface area contributed by atoms with Gasteiger partial charge in [0.15, 0.2) is 11.5 Å². The lowest BCUT2D eigenvalue weighted by Gasteiger charge is -2.29. The number of carbonyl (C=O) groups is 2. The van der Waals surface area contributed by atoms with Crippen LogP contribution >= 0.6 is 11.3 Å². The van der Waals surface area contributed by atoms with Crippen LogP contribution in [0.5, 0.6) is 11.5 Å². The number of benzene rings is 1.